The van der Waals surface area contributed by atoms with Crippen molar-refractivity contribution in [3.8, 4) is 5.75 Å². The number of hydrogen-bond acceptors (Lipinski definition) is 5. The number of unbranched alkanes of at least 4 members (excludes halogenated alkanes) is 9. The third kappa shape index (κ3) is 15.2. The number of hydrogen-bond donors (Lipinski definition) is 0. The monoisotopic (exact) mass is 534 g/mol. The molecule has 0 N–H and O–H groups in total. The predicted molar refractivity (Wildman–Crippen MR) is 137 cm³/mol. The van der Waals surface area contributed by atoms with Crippen LogP contribution in [-0.4, -0.2) is 38.7 Å². The fraction of sp³-hybridized carbons (Fsp3) is 0.667. The molecule has 0 aliphatic carbocycles. The first-order valence-electron chi connectivity index (χ1n) is 13.0. The molecule has 0 bridgehead atoms. The number of esters is 1. The maximum Gasteiger partial charge on any atom is 0.449 e. The van der Waals surface area contributed by atoms with E-state index in [-0.39, 0.29) is 31.0 Å². The number of carbonyl (C=O) groups is 1. The van der Waals surface area contributed by atoms with Crippen molar-refractivity contribution < 1.29 is 35.9 Å². The van der Waals surface area contributed by atoms with E-state index < -0.39 is 27.7 Å². The molecular formula is C27H41F3O5S. The third-order valence-corrected chi connectivity index (χ3v) is 7.41. The van der Waals surface area contributed by atoms with Crippen LogP contribution in [0.5, 0.6) is 5.75 Å². The summed E-state index contributed by atoms with van der Waals surface area (Å²) in [5.41, 5.74) is 0.560. The van der Waals surface area contributed by atoms with Crippen LogP contribution in [0.2, 0.25) is 0 Å². The Hall–Kier alpha value is -2.03. The lowest BCUT2D eigenvalue weighted by Gasteiger charge is -2.12. The highest BCUT2D eigenvalue weighted by molar-refractivity contribution is 7.91. The van der Waals surface area contributed by atoms with Gasteiger partial charge in [-0.1, -0.05) is 83.8 Å². The zero-order valence-electron chi connectivity index (χ0n) is 21.6. The van der Waals surface area contributed by atoms with Gasteiger partial charge in [0.05, 0.1) is 11.5 Å². The Morgan fingerprint density at radius 2 is 1.42 bits per heavy atom. The molecule has 0 amide bonds. The van der Waals surface area contributed by atoms with Crippen molar-refractivity contribution in [2.75, 3.05) is 18.1 Å². The summed E-state index contributed by atoms with van der Waals surface area (Å²) in [6, 6.07) is 6.31. The molecule has 36 heavy (non-hydrogen) atoms. The van der Waals surface area contributed by atoms with Crippen molar-refractivity contribution in [3.05, 3.63) is 41.7 Å². The first-order valence-corrected chi connectivity index (χ1v) is 14.8. The van der Waals surface area contributed by atoms with Crippen LogP contribution in [0.4, 0.5) is 13.2 Å². The van der Waals surface area contributed by atoms with Gasteiger partial charge in [0, 0.05) is 6.42 Å². The zero-order valence-corrected chi connectivity index (χ0v) is 22.4. The van der Waals surface area contributed by atoms with Crippen LogP contribution in [0, 0.1) is 0 Å². The van der Waals surface area contributed by atoms with Gasteiger partial charge >= 0.3 is 12.1 Å². The van der Waals surface area contributed by atoms with Gasteiger partial charge in [-0.2, -0.15) is 13.2 Å². The van der Waals surface area contributed by atoms with E-state index in [9.17, 15) is 26.4 Å². The van der Waals surface area contributed by atoms with Crippen molar-refractivity contribution >= 4 is 15.8 Å². The van der Waals surface area contributed by atoms with Crippen molar-refractivity contribution in [2.24, 2.45) is 0 Å². The first-order chi connectivity index (χ1) is 17.1. The Bertz CT molecular complexity index is 878. The highest BCUT2D eigenvalue weighted by Gasteiger charge is 2.37. The molecule has 206 valence electrons. The number of sulfone groups is 1. The first kappa shape index (κ1) is 32.0. The smallest absolute Gasteiger partial charge is 0.449 e. The van der Waals surface area contributed by atoms with Crippen LogP contribution in [0.1, 0.15) is 90.0 Å². The van der Waals surface area contributed by atoms with Crippen LogP contribution >= 0.6 is 0 Å². The summed E-state index contributed by atoms with van der Waals surface area (Å²) in [6.45, 7) is 3.64. The van der Waals surface area contributed by atoms with Gasteiger partial charge in [-0.05, 0) is 36.6 Å². The number of ether oxygens (including phenoxy) is 2. The third-order valence-electron chi connectivity index (χ3n) is 5.71. The molecular weight excluding hydrogens is 493 g/mol. The normalized spacial score (nSPS) is 12.5. The standard InChI is InChI=1S/C27H41F3O5S/c1-3-5-6-7-8-9-10-11-12-13-21-36(32,33)22-20-34-24-17-14-23(15-18-24)16-19-25(27(28,29)30)35-26(31)4-2/h14-15,17-19H,3-13,16,20-22H2,1-2H3/b25-19+. The lowest BCUT2D eigenvalue weighted by atomic mass is 10.1. The second-order valence-corrected chi connectivity index (χ2v) is 11.2. The summed E-state index contributed by atoms with van der Waals surface area (Å²) >= 11 is 0. The van der Waals surface area contributed by atoms with Crippen molar-refractivity contribution in [1.82, 2.24) is 0 Å². The minimum Gasteiger partial charge on any atom is -0.493 e. The average molecular weight is 535 g/mol. The molecule has 0 aliphatic heterocycles. The topological polar surface area (TPSA) is 69.7 Å². The lowest BCUT2D eigenvalue weighted by molar-refractivity contribution is -0.160. The second kappa shape index (κ2) is 17.4. The average Bonchev–Trinajstić information content (AvgIpc) is 2.82. The maximum atomic E-state index is 13.0. The van der Waals surface area contributed by atoms with Gasteiger partial charge in [0.15, 0.2) is 9.84 Å². The summed E-state index contributed by atoms with van der Waals surface area (Å²) in [5, 5.41) is 0. The van der Waals surface area contributed by atoms with Gasteiger partial charge in [-0.25, -0.2) is 8.42 Å². The highest BCUT2D eigenvalue weighted by Crippen LogP contribution is 2.27. The van der Waals surface area contributed by atoms with E-state index >= 15 is 0 Å². The SMILES string of the molecule is CCCCCCCCCCCCS(=O)(=O)CCOc1ccc(C/C=C(/OC(=O)CC)C(F)(F)F)cc1. The minimum absolute atomic E-state index is 0.0184. The van der Waals surface area contributed by atoms with Gasteiger partial charge in [0.2, 0.25) is 5.76 Å². The van der Waals surface area contributed by atoms with Crippen LogP contribution in [0.15, 0.2) is 36.1 Å². The van der Waals surface area contributed by atoms with Crippen molar-refractivity contribution in [3.63, 3.8) is 0 Å². The van der Waals surface area contributed by atoms with E-state index in [0.29, 0.717) is 17.7 Å². The molecule has 1 aromatic carbocycles. The molecule has 0 aromatic heterocycles. The summed E-state index contributed by atoms with van der Waals surface area (Å²) in [5.74, 6) is -1.77. The molecule has 0 fully saturated rings. The Balaban J connectivity index is 2.32. The van der Waals surface area contributed by atoms with E-state index in [1.807, 2.05) is 0 Å². The van der Waals surface area contributed by atoms with E-state index in [1.165, 1.54) is 45.4 Å². The van der Waals surface area contributed by atoms with Crippen LogP contribution in [0.25, 0.3) is 0 Å². The largest absolute Gasteiger partial charge is 0.493 e. The van der Waals surface area contributed by atoms with Crippen LogP contribution < -0.4 is 4.74 Å². The molecule has 0 heterocycles. The Morgan fingerprint density at radius 3 is 1.94 bits per heavy atom. The van der Waals surface area contributed by atoms with E-state index in [0.717, 1.165) is 25.3 Å². The second-order valence-electron chi connectivity index (χ2n) is 8.92. The van der Waals surface area contributed by atoms with E-state index in [4.69, 9.17) is 4.74 Å². The van der Waals surface area contributed by atoms with Gasteiger partial charge in [0.25, 0.3) is 0 Å². The van der Waals surface area contributed by atoms with Crippen molar-refractivity contribution in [1.29, 1.82) is 0 Å². The molecule has 0 spiro atoms. The fourth-order valence-corrected chi connectivity index (χ4v) is 4.73. The van der Waals surface area contributed by atoms with Gasteiger partial charge < -0.3 is 9.47 Å². The molecule has 0 saturated heterocycles. The molecule has 0 saturated carbocycles. The highest BCUT2D eigenvalue weighted by atomic mass is 32.2. The number of benzene rings is 1. The summed E-state index contributed by atoms with van der Waals surface area (Å²) in [6.07, 6.45) is 7.24. The summed E-state index contributed by atoms with van der Waals surface area (Å²) in [7, 11) is -3.19. The number of rotatable bonds is 19. The molecule has 0 aliphatic rings. The fourth-order valence-electron chi connectivity index (χ4n) is 3.54. The maximum absolute atomic E-state index is 13.0. The number of allylic oxidation sites excluding steroid dienone is 2. The Morgan fingerprint density at radius 1 is 0.861 bits per heavy atom. The quantitative estimate of drug-likeness (QED) is 0.105. The Kier molecular flexibility index (Phi) is 15.5. The summed E-state index contributed by atoms with van der Waals surface area (Å²) < 4.78 is 73.3. The molecule has 0 radical (unpaired) electrons. The predicted octanol–water partition coefficient (Wildman–Crippen LogP) is 7.34. The molecule has 1 aromatic rings. The Labute approximate surface area is 214 Å². The number of alkyl halides is 3. The van der Waals surface area contributed by atoms with Gasteiger partial charge in [0.1, 0.15) is 12.4 Å². The van der Waals surface area contributed by atoms with E-state index in [1.54, 1.807) is 24.3 Å². The van der Waals surface area contributed by atoms with Crippen LogP contribution in [-0.2, 0) is 25.8 Å². The lowest BCUT2D eigenvalue weighted by Crippen LogP contribution is -2.18. The van der Waals surface area contributed by atoms with Gasteiger partial charge in [-0.15, -0.1) is 0 Å². The molecule has 9 heteroatoms. The molecule has 0 unspecified atom stereocenters. The molecule has 5 nitrogen and oxygen atoms in total. The summed E-state index contributed by atoms with van der Waals surface area (Å²) in [4.78, 5) is 11.2. The van der Waals surface area contributed by atoms with Gasteiger partial charge in [-0.3, -0.25) is 4.79 Å². The number of carbonyl (C=O) groups excluding carboxylic acids is 1. The van der Waals surface area contributed by atoms with E-state index in [2.05, 4.69) is 11.7 Å². The molecule has 0 atom stereocenters. The zero-order chi connectivity index (χ0) is 26.9. The molecule has 1 rings (SSSR count). The number of halogens is 3. The minimum atomic E-state index is -4.76. The van der Waals surface area contributed by atoms with Crippen LogP contribution in [0.3, 0.4) is 0 Å². The van der Waals surface area contributed by atoms with Crippen molar-refractivity contribution in [2.45, 2.75) is 97.1 Å².